The van der Waals surface area contributed by atoms with Crippen LogP contribution < -0.4 is 10.6 Å². The van der Waals surface area contributed by atoms with E-state index in [0.29, 0.717) is 12.0 Å². The molecule has 3 N–H and O–H groups in total. The molecule has 0 heterocycles. The molecule has 0 bridgehead atoms. The fourth-order valence-electron chi connectivity index (χ4n) is 2.79. The zero-order chi connectivity index (χ0) is 15.9. The minimum absolute atomic E-state index is 0.0419. The molecule has 1 aromatic carbocycles. The van der Waals surface area contributed by atoms with Crippen molar-refractivity contribution in [3.63, 3.8) is 0 Å². The summed E-state index contributed by atoms with van der Waals surface area (Å²) in [6.45, 7) is 1.95. The zero-order valence-electron chi connectivity index (χ0n) is 13.0. The molecule has 0 radical (unpaired) electrons. The summed E-state index contributed by atoms with van der Waals surface area (Å²) in [7, 11) is 0. The number of carbonyl (C=O) groups excluding carboxylic acids is 2. The minimum Gasteiger partial charge on any atom is -0.396 e. The number of aryl methyl sites for hydroxylation is 2. The van der Waals surface area contributed by atoms with E-state index in [-0.39, 0.29) is 31.0 Å². The average molecular weight is 304 g/mol. The number of amides is 2. The van der Waals surface area contributed by atoms with E-state index in [1.54, 1.807) is 0 Å². The molecule has 0 saturated carbocycles. The largest absolute Gasteiger partial charge is 0.396 e. The van der Waals surface area contributed by atoms with Crippen molar-refractivity contribution < 1.29 is 14.7 Å². The Morgan fingerprint density at radius 2 is 2.05 bits per heavy atom. The molecule has 22 heavy (non-hydrogen) atoms. The fourth-order valence-corrected chi connectivity index (χ4v) is 2.79. The Morgan fingerprint density at radius 3 is 2.77 bits per heavy atom. The highest BCUT2D eigenvalue weighted by molar-refractivity contribution is 5.96. The number of aliphatic hydroxyl groups excluding tert-OH is 1. The van der Waals surface area contributed by atoms with E-state index in [1.807, 2.05) is 25.1 Å². The summed E-state index contributed by atoms with van der Waals surface area (Å²) in [5.41, 5.74) is 3.17. The van der Waals surface area contributed by atoms with Crippen LogP contribution in [0, 0.1) is 0 Å². The molecule has 120 valence electrons. The molecule has 1 aliphatic carbocycles. The van der Waals surface area contributed by atoms with Gasteiger partial charge in [-0.3, -0.25) is 9.59 Å². The molecule has 0 aliphatic heterocycles. The highest BCUT2D eigenvalue weighted by Gasteiger charge is 2.15. The summed E-state index contributed by atoms with van der Waals surface area (Å²) in [4.78, 5) is 23.9. The molecule has 0 fully saturated rings. The summed E-state index contributed by atoms with van der Waals surface area (Å²) in [6, 6.07) is 5.70. The lowest BCUT2D eigenvalue weighted by Gasteiger charge is -2.16. The summed E-state index contributed by atoms with van der Waals surface area (Å²) in [5.74, 6) is -0.449. The Balaban J connectivity index is 1.83. The van der Waals surface area contributed by atoms with E-state index < -0.39 is 0 Å². The van der Waals surface area contributed by atoms with Crippen molar-refractivity contribution in [2.75, 3.05) is 13.2 Å². The van der Waals surface area contributed by atoms with Crippen molar-refractivity contribution in [3.8, 4) is 0 Å². The van der Waals surface area contributed by atoms with Crippen LogP contribution in [0.5, 0.6) is 0 Å². The van der Waals surface area contributed by atoms with Gasteiger partial charge in [0.25, 0.3) is 5.91 Å². The molecule has 1 aliphatic rings. The first-order chi connectivity index (χ1) is 10.6. The van der Waals surface area contributed by atoms with Crippen LogP contribution in [-0.2, 0) is 17.6 Å². The third-order valence-electron chi connectivity index (χ3n) is 4.11. The smallest absolute Gasteiger partial charge is 0.251 e. The molecule has 1 atom stereocenters. The fraction of sp³-hybridized carbons (Fsp3) is 0.529. The maximum Gasteiger partial charge on any atom is 0.251 e. The van der Waals surface area contributed by atoms with Gasteiger partial charge in [-0.1, -0.05) is 13.0 Å². The maximum atomic E-state index is 12.1. The molecule has 5 nitrogen and oxygen atoms in total. The van der Waals surface area contributed by atoms with Crippen LogP contribution >= 0.6 is 0 Å². The SMILES string of the molecule is CCC(CCO)NC(=O)CNC(=O)c1ccc2c(c1)CCC2. The Morgan fingerprint density at radius 1 is 1.27 bits per heavy atom. The standard InChI is InChI=1S/C17H24N2O3/c1-2-15(8-9-20)19-16(21)11-18-17(22)14-7-6-12-4-3-5-13(12)10-14/h6-7,10,15,20H,2-5,8-9,11H2,1H3,(H,18,22)(H,19,21). The number of aliphatic hydroxyl groups is 1. The van der Waals surface area contributed by atoms with Gasteiger partial charge in [0.2, 0.25) is 5.91 Å². The van der Waals surface area contributed by atoms with Crippen LogP contribution in [0.2, 0.25) is 0 Å². The van der Waals surface area contributed by atoms with Crippen LogP contribution in [0.1, 0.15) is 47.7 Å². The summed E-state index contributed by atoms with van der Waals surface area (Å²) in [6.07, 6.45) is 4.54. The first kappa shape index (κ1) is 16.5. The van der Waals surface area contributed by atoms with Crippen LogP contribution in [0.3, 0.4) is 0 Å². The number of hydrogen-bond donors (Lipinski definition) is 3. The molecule has 1 unspecified atom stereocenters. The summed E-state index contributed by atoms with van der Waals surface area (Å²) < 4.78 is 0. The van der Waals surface area contributed by atoms with Crippen molar-refractivity contribution in [1.82, 2.24) is 10.6 Å². The van der Waals surface area contributed by atoms with Gasteiger partial charge in [0.15, 0.2) is 0 Å². The van der Waals surface area contributed by atoms with Gasteiger partial charge in [-0.25, -0.2) is 0 Å². The monoisotopic (exact) mass is 304 g/mol. The maximum absolute atomic E-state index is 12.1. The number of benzene rings is 1. The van der Waals surface area contributed by atoms with Gasteiger partial charge in [-0.05, 0) is 55.4 Å². The molecule has 2 rings (SSSR count). The molecule has 0 aromatic heterocycles. The van der Waals surface area contributed by atoms with Gasteiger partial charge in [-0.2, -0.15) is 0 Å². The molecule has 0 spiro atoms. The van der Waals surface area contributed by atoms with Gasteiger partial charge in [0, 0.05) is 18.2 Å². The van der Waals surface area contributed by atoms with Crippen LogP contribution in [0.4, 0.5) is 0 Å². The number of carbonyl (C=O) groups is 2. The molecule has 5 heteroatoms. The van der Waals surface area contributed by atoms with E-state index in [2.05, 4.69) is 10.6 Å². The van der Waals surface area contributed by atoms with Crippen LogP contribution in [0.25, 0.3) is 0 Å². The second-order valence-corrected chi connectivity index (χ2v) is 5.70. The van der Waals surface area contributed by atoms with Gasteiger partial charge in [-0.15, -0.1) is 0 Å². The summed E-state index contributed by atoms with van der Waals surface area (Å²) >= 11 is 0. The highest BCUT2D eigenvalue weighted by Crippen LogP contribution is 2.22. The quantitative estimate of drug-likeness (QED) is 0.708. The summed E-state index contributed by atoms with van der Waals surface area (Å²) in [5, 5.41) is 14.4. The van der Waals surface area contributed by atoms with Crippen molar-refractivity contribution in [1.29, 1.82) is 0 Å². The van der Waals surface area contributed by atoms with E-state index >= 15 is 0 Å². The normalized spacial score (nSPS) is 14.3. The molecular weight excluding hydrogens is 280 g/mol. The third-order valence-corrected chi connectivity index (χ3v) is 4.11. The lowest BCUT2D eigenvalue weighted by molar-refractivity contribution is -0.120. The molecule has 2 amide bonds. The van der Waals surface area contributed by atoms with Gasteiger partial charge >= 0.3 is 0 Å². The predicted octanol–water partition coefficient (Wildman–Crippen LogP) is 1.18. The number of rotatable bonds is 7. The number of fused-ring (bicyclic) bond motifs is 1. The third kappa shape index (κ3) is 4.31. The second kappa shape index (κ2) is 7.94. The number of nitrogens with one attached hydrogen (secondary N) is 2. The first-order valence-corrected chi connectivity index (χ1v) is 7.94. The molecule has 1 aromatic rings. The van der Waals surface area contributed by atoms with E-state index in [9.17, 15) is 9.59 Å². The Labute approximate surface area is 131 Å². The number of hydrogen-bond acceptors (Lipinski definition) is 3. The molecule has 0 saturated heterocycles. The molecular formula is C17H24N2O3. The van der Waals surface area contributed by atoms with Crippen molar-refractivity contribution >= 4 is 11.8 Å². The van der Waals surface area contributed by atoms with Gasteiger partial charge in [0.05, 0.1) is 6.54 Å². The Hall–Kier alpha value is -1.88. The zero-order valence-corrected chi connectivity index (χ0v) is 13.0. The lowest BCUT2D eigenvalue weighted by atomic mass is 10.1. The minimum atomic E-state index is -0.227. The van der Waals surface area contributed by atoms with Crippen LogP contribution in [-0.4, -0.2) is 36.1 Å². The van der Waals surface area contributed by atoms with Gasteiger partial charge < -0.3 is 15.7 Å². The second-order valence-electron chi connectivity index (χ2n) is 5.70. The van der Waals surface area contributed by atoms with Gasteiger partial charge in [0.1, 0.15) is 0 Å². The van der Waals surface area contributed by atoms with E-state index in [0.717, 1.165) is 25.7 Å². The Kier molecular flexibility index (Phi) is 5.95. The van der Waals surface area contributed by atoms with Crippen molar-refractivity contribution in [2.45, 2.75) is 45.1 Å². The van der Waals surface area contributed by atoms with E-state index in [4.69, 9.17) is 5.11 Å². The van der Waals surface area contributed by atoms with Crippen LogP contribution in [0.15, 0.2) is 18.2 Å². The van der Waals surface area contributed by atoms with Crippen molar-refractivity contribution in [3.05, 3.63) is 34.9 Å². The predicted molar refractivity (Wildman–Crippen MR) is 84.7 cm³/mol. The Bertz CT molecular complexity index is 543. The van der Waals surface area contributed by atoms with Crippen molar-refractivity contribution in [2.24, 2.45) is 0 Å². The topological polar surface area (TPSA) is 78.4 Å². The first-order valence-electron chi connectivity index (χ1n) is 7.94. The highest BCUT2D eigenvalue weighted by atomic mass is 16.3. The average Bonchev–Trinajstić information content (AvgIpc) is 2.99. The lowest BCUT2D eigenvalue weighted by Crippen LogP contribution is -2.42. The van der Waals surface area contributed by atoms with E-state index in [1.165, 1.54) is 11.1 Å².